The lowest BCUT2D eigenvalue weighted by molar-refractivity contribution is -0.147. The van der Waals surface area contributed by atoms with Gasteiger partial charge in [0.05, 0.1) is 21.1 Å². The monoisotopic (exact) mass is 491 g/mol. The van der Waals surface area contributed by atoms with E-state index in [-0.39, 0.29) is 23.7 Å². The number of carbonyl (C=O) groups excluding carboxylic acids is 4. The number of hydrogen-bond donors (Lipinski definition) is 2. The van der Waals surface area contributed by atoms with Gasteiger partial charge >= 0.3 is 5.92 Å². The van der Waals surface area contributed by atoms with E-state index in [1.54, 1.807) is 0 Å². The molecule has 0 spiro atoms. The molecule has 1 fully saturated rings. The lowest BCUT2D eigenvalue weighted by Crippen LogP contribution is -2.67. The lowest BCUT2D eigenvalue weighted by Gasteiger charge is -2.48. The fourth-order valence-electron chi connectivity index (χ4n) is 4.05. The Kier molecular flexibility index (Phi) is 6.29. The van der Waals surface area contributed by atoms with Gasteiger partial charge in [0.25, 0.3) is 11.8 Å². The van der Waals surface area contributed by atoms with E-state index in [9.17, 15) is 28.0 Å². The van der Waals surface area contributed by atoms with Crippen LogP contribution in [0.15, 0.2) is 42.5 Å². The Morgan fingerprint density at radius 3 is 2.49 bits per heavy atom. The van der Waals surface area contributed by atoms with Crippen LogP contribution in [0.1, 0.15) is 27.0 Å². The standard InChI is InChI=1S/C22H15B3ClF2N3O4/c23-15-16(24)21(25,19(34)30-17(15)32)31-9-11-7-10(1-6-14(11)18(31)33)8-29-20(35)22(27,28)12-2-4-13(26)5-3-12/h1-7,15-16H,8-9H2,(H,29,35)(H,30,32,34)/t15?,16?,21-/m1/s1. The van der Waals surface area contributed by atoms with E-state index in [1.165, 1.54) is 30.3 Å². The van der Waals surface area contributed by atoms with Crippen LogP contribution in [-0.4, -0.2) is 57.5 Å². The average Bonchev–Trinajstić information content (AvgIpc) is 3.16. The maximum absolute atomic E-state index is 14.5. The number of nitrogens with zero attached hydrogens (tertiary/aromatic N) is 1. The molecule has 2 unspecified atom stereocenters. The summed E-state index contributed by atoms with van der Waals surface area (Å²) in [7, 11) is 17.9. The van der Waals surface area contributed by atoms with Gasteiger partial charge in [-0.3, -0.25) is 24.5 Å². The largest absolute Gasteiger partial charge is 0.349 e. The molecule has 2 heterocycles. The molecule has 2 N–H and O–H groups in total. The van der Waals surface area contributed by atoms with E-state index in [0.717, 1.165) is 17.0 Å². The zero-order valence-electron chi connectivity index (χ0n) is 18.1. The summed E-state index contributed by atoms with van der Waals surface area (Å²) in [5, 5.41) is 4.46. The zero-order chi connectivity index (χ0) is 25.7. The quantitative estimate of drug-likeness (QED) is 0.485. The smallest absolute Gasteiger partial charge is 0.346 e. The van der Waals surface area contributed by atoms with Crippen molar-refractivity contribution in [3.05, 3.63) is 69.7 Å². The predicted octanol–water partition coefficient (Wildman–Crippen LogP) is 1.14. The number of hydrogen-bond acceptors (Lipinski definition) is 4. The van der Waals surface area contributed by atoms with Gasteiger partial charge in [-0.25, -0.2) is 0 Å². The fraction of sp³-hybridized carbons (Fsp3) is 0.273. The van der Waals surface area contributed by atoms with E-state index >= 15 is 0 Å². The molecule has 2 aromatic carbocycles. The molecular weight excluding hydrogens is 476 g/mol. The topological polar surface area (TPSA) is 95.6 Å². The Bertz CT molecular complexity index is 1250. The van der Waals surface area contributed by atoms with Crippen LogP contribution >= 0.6 is 11.6 Å². The van der Waals surface area contributed by atoms with Crippen LogP contribution in [0.3, 0.4) is 0 Å². The summed E-state index contributed by atoms with van der Waals surface area (Å²) in [4.78, 5) is 50.5. The number of halogens is 3. The number of fused-ring (bicyclic) bond motifs is 1. The number of nitrogens with one attached hydrogen (secondary N) is 2. The molecule has 35 heavy (non-hydrogen) atoms. The molecule has 4 rings (SSSR count). The Morgan fingerprint density at radius 1 is 1.17 bits per heavy atom. The van der Waals surface area contributed by atoms with Gasteiger partial charge < -0.3 is 10.2 Å². The second-order valence-corrected chi connectivity index (χ2v) is 8.78. The van der Waals surface area contributed by atoms with Gasteiger partial charge in [-0.1, -0.05) is 41.7 Å². The maximum Gasteiger partial charge on any atom is 0.349 e. The molecule has 172 valence electrons. The first kappa shape index (κ1) is 25.0. The zero-order valence-corrected chi connectivity index (χ0v) is 18.8. The highest BCUT2D eigenvalue weighted by Crippen LogP contribution is 2.41. The van der Waals surface area contributed by atoms with Crippen LogP contribution < -0.4 is 10.6 Å². The van der Waals surface area contributed by atoms with Crippen LogP contribution in [0.2, 0.25) is 16.7 Å². The highest BCUT2D eigenvalue weighted by atomic mass is 35.5. The molecule has 6 radical (unpaired) electrons. The summed E-state index contributed by atoms with van der Waals surface area (Å²) in [6.45, 7) is -0.397. The van der Waals surface area contributed by atoms with Gasteiger partial charge in [-0.05, 0) is 35.1 Å². The summed E-state index contributed by atoms with van der Waals surface area (Å²) in [5.41, 5.74) is -1.53. The third-order valence-electron chi connectivity index (χ3n) is 6.16. The van der Waals surface area contributed by atoms with Crippen molar-refractivity contribution in [2.45, 2.75) is 36.1 Å². The van der Waals surface area contributed by atoms with E-state index in [2.05, 4.69) is 5.32 Å². The molecule has 0 bridgehead atoms. The van der Waals surface area contributed by atoms with Crippen molar-refractivity contribution < 1.29 is 28.0 Å². The first-order chi connectivity index (χ1) is 16.4. The minimum absolute atomic E-state index is 0.143. The number of piperidine rings is 1. The molecule has 13 heteroatoms. The third-order valence-corrected chi connectivity index (χ3v) is 6.42. The van der Waals surface area contributed by atoms with Gasteiger partial charge in [0, 0.05) is 29.2 Å². The van der Waals surface area contributed by atoms with Gasteiger partial charge in [-0.2, -0.15) is 8.78 Å². The Morgan fingerprint density at radius 2 is 1.83 bits per heavy atom. The summed E-state index contributed by atoms with van der Waals surface area (Å²) in [6.07, 6.45) is 0. The number of imide groups is 1. The highest BCUT2D eigenvalue weighted by molar-refractivity contribution is 6.43. The molecular formula is C22H15B3ClF2N3O4. The molecule has 3 atom stereocenters. The van der Waals surface area contributed by atoms with Gasteiger partial charge in [0.2, 0.25) is 11.8 Å². The normalized spacial score (nSPS) is 24.2. The SMILES string of the molecule is [B]C1C(=O)NC(=O)[C@]([B])(N2Cc3cc(CNC(=O)C(F)(F)c4ccc(Cl)cc4)ccc3C2=O)C1[B]. The van der Waals surface area contributed by atoms with Gasteiger partial charge in [0.1, 0.15) is 7.85 Å². The lowest BCUT2D eigenvalue weighted by atomic mass is 9.48. The van der Waals surface area contributed by atoms with Crippen LogP contribution in [0.4, 0.5) is 8.78 Å². The maximum atomic E-state index is 14.5. The number of amides is 4. The third kappa shape index (κ3) is 4.13. The van der Waals surface area contributed by atoms with Gasteiger partial charge in [0.15, 0.2) is 0 Å². The predicted molar refractivity (Wildman–Crippen MR) is 124 cm³/mol. The summed E-state index contributed by atoms with van der Waals surface area (Å²) >= 11 is 5.71. The van der Waals surface area contributed by atoms with Crippen LogP contribution in [-0.2, 0) is 33.4 Å². The fourth-order valence-corrected chi connectivity index (χ4v) is 4.18. The molecule has 0 saturated carbocycles. The summed E-state index contributed by atoms with van der Waals surface area (Å²) < 4.78 is 29.0. The summed E-state index contributed by atoms with van der Waals surface area (Å²) in [6, 6.07) is 9.06. The molecule has 2 aliphatic heterocycles. The van der Waals surface area contributed by atoms with E-state index in [4.69, 9.17) is 35.1 Å². The molecule has 1 saturated heterocycles. The van der Waals surface area contributed by atoms with Crippen LogP contribution in [0.25, 0.3) is 0 Å². The minimum atomic E-state index is -3.79. The molecule has 0 aromatic heterocycles. The molecule has 2 aromatic rings. The van der Waals surface area contributed by atoms with Crippen molar-refractivity contribution in [3.8, 4) is 0 Å². The second kappa shape index (κ2) is 8.82. The first-order valence-electron chi connectivity index (χ1n) is 10.4. The number of rotatable bonds is 5. The molecule has 4 amide bonds. The van der Waals surface area contributed by atoms with Crippen molar-refractivity contribution in [3.63, 3.8) is 0 Å². The molecule has 2 aliphatic rings. The number of alkyl halides is 2. The van der Waals surface area contributed by atoms with Crippen molar-refractivity contribution >= 4 is 58.8 Å². The second-order valence-electron chi connectivity index (χ2n) is 8.34. The Hall–Kier alpha value is -3.14. The number of benzene rings is 2. The van der Waals surface area contributed by atoms with Crippen molar-refractivity contribution in [1.82, 2.24) is 15.5 Å². The van der Waals surface area contributed by atoms with Crippen molar-refractivity contribution in [1.29, 1.82) is 0 Å². The number of carbonyl (C=O) groups is 4. The van der Waals surface area contributed by atoms with Crippen molar-refractivity contribution in [2.24, 2.45) is 0 Å². The first-order valence-corrected chi connectivity index (χ1v) is 10.8. The summed E-state index contributed by atoms with van der Waals surface area (Å²) in [5.74, 6) is -10.4. The van der Waals surface area contributed by atoms with E-state index in [0.29, 0.717) is 11.1 Å². The molecule has 0 aliphatic carbocycles. The van der Waals surface area contributed by atoms with E-state index in [1.807, 2.05) is 5.32 Å². The van der Waals surface area contributed by atoms with Crippen LogP contribution in [0, 0.1) is 0 Å². The van der Waals surface area contributed by atoms with Gasteiger partial charge in [-0.15, -0.1) is 0 Å². The minimum Gasteiger partial charge on any atom is -0.346 e. The molecule has 7 nitrogen and oxygen atoms in total. The van der Waals surface area contributed by atoms with E-state index < -0.39 is 52.2 Å². The van der Waals surface area contributed by atoms with Crippen molar-refractivity contribution in [2.75, 3.05) is 0 Å². The average molecular weight is 491 g/mol. The highest BCUT2D eigenvalue weighted by Gasteiger charge is 2.53. The van der Waals surface area contributed by atoms with Crippen LogP contribution in [0.5, 0.6) is 0 Å². The Labute approximate surface area is 208 Å². The Balaban J connectivity index is 1.50.